The van der Waals surface area contributed by atoms with E-state index in [4.69, 9.17) is 0 Å². The fourth-order valence-electron chi connectivity index (χ4n) is 2.33. The Hall–Kier alpha value is -1.51. The van der Waals surface area contributed by atoms with Gasteiger partial charge >= 0.3 is 0 Å². The molecule has 1 aromatic rings. The number of carbonyl (C=O) groups excluding carboxylic acids is 1. The van der Waals surface area contributed by atoms with E-state index in [1.54, 1.807) is 0 Å². The van der Waals surface area contributed by atoms with Crippen LogP contribution in [0.4, 0.5) is 5.69 Å². The van der Waals surface area contributed by atoms with Crippen molar-refractivity contribution in [3.63, 3.8) is 0 Å². The van der Waals surface area contributed by atoms with Crippen molar-refractivity contribution in [3.8, 4) is 0 Å². The van der Waals surface area contributed by atoms with E-state index in [1.165, 1.54) is 5.69 Å². The van der Waals surface area contributed by atoms with Crippen LogP contribution in [0.25, 0.3) is 0 Å². The summed E-state index contributed by atoms with van der Waals surface area (Å²) in [5.41, 5.74) is 3.20. The van der Waals surface area contributed by atoms with Gasteiger partial charge in [0.1, 0.15) is 0 Å². The number of hydrogen-bond acceptors (Lipinski definition) is 2. The van der Waals surface area contributed by atoms with E-state index >= 15 is 0 Å². The van der Waals surface area contributed by atoms with Gasteiger partial charge in [0.2, 0.25) is 0 Å². The van der Waals surface area contributed by atoms with Crippen molar-refractivity contribution >= 4 is 11.6 Å². The zero-order valence-corrected chi connectivity index (χ0v) is 10.6. The standard InChI is InChI=1S/C14H20N2O/c1-3-7-16(8-4-2)12-5-6-13-11(9-12)10-15-14(13)17/h5-6,9H,3-4,7-8,10H2,1-2H3,(H,15,17). The second-order valence-electron chi connectivity index (χ2n) is 4.51. The van der Waals surface area contributed by atoms with Crippen molar-refractivity contribution in [2.75, 3.05) is 18.0 Å². The molecule has 0 aromatic heterocycles. The summed E-state index contributed by atoms with van der Waals surface area (Å²) in [4.78, 5) is 13.9. The molecule has 1 aliphatic heterocycles. The fraction of sp³-hybridized carbons (Fsp3) is 0.500. The maximum atomic E-state index is 11.5. The van der Waals surface area contributed by atoms with Crippen molar-refractivity contribution in [2.24, 2.45) is 0 Å². The summed E-state index contributed by atoms with van der Waals surface area (Å²) in [5.74, 6) is 0.0593. The van der Waals surface area contributed by atoms with Crippen LogP contribution in [-0.2, 0) is 6.54 Å². The molecule has 1 aromatic carbocycles. The van der Waals surface area contributed by atoms with Crippen LogP contribution in [0, 0.1) is 0 Å². The molecule has 3 nitrogen and oxygen atoms in total. The Balaban J connectivity index is 2.23. The summed E-state index contributed by atoms with van der Waals surface area (Å²) in [6.07, 6.45) is 2.29. The number of nitrogens with one attached hydrogen (secondary N) is 1. The van der Waals surface area contributed by atoms with Gasteiger partial charge in [0, 0.05) is 30.9 Å². The first kappa shape index (κ1) is 12.0. The molecule has 0 atom stereocenters. The van der Waals surface area contributed by atoms with Gasteiger partial charge in [-0.1, -0.05) is 13.8 Å². The molecule has 3 heteroatoms. The number of anilines is 1. The zero-order valence-electron chi connectivity index (χ0n) is 10.6. The average molecular weight is 232 g/mol. The third-order valence-electron chi connectivity index (χ3n) is 3.13. The molecule has 17 heavy (non-hydrogen) atoms. The molecule has 0 radical (unpaired) electrons. The van der Waals surface area contributed by atoms with Crippen LogP contribution in [0.2, 0.25) is 0 Å². The van der Waals surface area contributed by atoms with E-state index < -0.39 is 0 Å². The summed E-state index contributed by atoms with van der Waals surface area (Å²) in [5, 5.41) is 2.86. The Kier molecular flexibility index (Phi) is 3.67. The second kappa shape index (κ2) is 5.21. The molecule has 1 aliphatic rings. The minimum atomic E-state index is 0.0593. The Morgan fingerprint density at radius 2 is 1.94 bits per heavy atom. The van der Waals surface area contributed by atoms with Gasteiger partial charge in [-0.25, -0.2) is 0 Å². The van der Waals surface area contributed by atoms with Gasteiger partial charge < -0.3 is 10.2 Å². The number of hydrogen-bond donors (Lipinski definition) is 1. The lowest BCUT2D eigenvalue weighted by atomic mass is 10.1. The Morgan fingerprint density at radius 1 is 1.24 bits per heavy atom. The zero-order chi connectivity index (χ0) is 12.3. The number of rotatable bonds is 5. The predicted octanol–water partition coefficient (Wildman–Crippen LogP) is 2.56. The summed E-state index contributed by atoms with van der Waals surface area (Å²) in [7, 11) is 0. The molecular formula is C14H20N2O. The van der Waals surface area contributed by atoms with Gasteiger partial charge in [-0.3, -0.25) is 4.79 Å². The van der Waals surface area contributed by atoms with Gasteiger partial charge in [0.05, 0.1) is 0 Å². The normalized spacial score (nSPS) is 13.4. The van der Waals surface area contributed by atoms with E-state index in [1.807, 2.05) is 6.07 Å². The molecule has 0 bridgehead atoms. The van der Waals surface area contributed by atoms with Crippen LogP contribution in [-0.4, -0.2) is 19.0 Å². The molecule has 92 valence electrons. The molecule has 1 N–H and O–H groups in total. The molecule has 0 unspecified atom stereocenters. The number of nitrogens with zero attached hydrogens (tertiary/aromatic N) is 1. The minimum absolute atomic E-state index is 0.0593. The maximum Gasteiger partial charge on any atom is 0.251 e. The average Bonchev–Trinajstić information content (AvgIpc) is 2.70. The minimum Gasteiger partial charge on any atom is -0.372 e. The summed E-state index contributed by atoms with van der Waals surface area (Å²) >= 11 is 0. The highest BCUT2D eigenvalue weighted by Gasteiger charge is 2.19. The first-order valence-electron chi connectivity index (χ1n) is 6.42. The first-order chi connectivity index (χ1) is 8.26. The van der Waals surface area contributed by atoms with Gasteiger partial charge in [-0.2, -0.15) is 0 Å². The maximum absolute atomic E-state index is 11.5. The number of carbonyl (C=O) groups is 1. The summed E-state index contributed by atoms with van der Waals surface area (Å²) in [6, 6.07) is 6.17. The largest absolute Gasteiger partial charge is 0.372 e. The Labute approximate surface area is 103 Å². The van der Waals surface area contributed by atoms with Gasteiger partial charge in [0.25, 0.3) is 5.91 Å². The lowest BCUT2D eigenvalue weighted by Crippen LogP contribution is -2.24. The van der Waals surface area contributed by atoms with Crippen molar-refractivity contribution in [2.45, 2.75) is 33.2 Å². The highest BCUT2D eigenvalue weighted by atomic mass is 16.1. The van der Waals surface area contributed by atoms with Crippen LogP contribution in [0.15, 0.2) is 18.2 Å². The smallest absolute Gasteiger partial charge is 0.251 e. The molecule has 0 spiro atoms. The van der Waals surface area contributed by atoms with E-state index in [0.29, 0.717) is 6.54 Å². The van der Waals surface area contributed by atoms with Crippen molar-refractivity contribution in [1.82, 2.24) is 5.32 Å². The summed E-state index contributed by atoms with van der Waals surface area (Å²) in [6.45, 7) is 7.22. The van der Waals surface area contributed by atoms with E-state index in [9.17, 15) is 4.79 Å². The topological polar surface area (TPSA) is 32.3 Å². The van der Waals surface area contributed by atoms with Crippen molar-refractivity contribution in [3.05, 3.63) is 29.3 Å². The third kappa shape index (κ3) is 2.43. The lowest BCUT2D eigenvalue weighted by molar-refractivity contribution is 0.0966. The molecule has 0 fully saturated rings. The highest BCUT2D eigenvalue weighted by Crippen LogP contribution is 2.23. The van der Waals surface area contributed by atoms with Crippen molar-refractivity contribution in [1.29, 1.82) is 0 Å². The molecule has 0 saturated heterocycles. The fourth-order valence-corrected chi connectivity index (χ4v) is 2.33. The number of benzene rings is 1. The second-order valence-corrected chi connectivity index (χ2v) is 4.51. The summed E-state index contributed by atoms with van der Waals surface area (Å²) < 4.78 is 0. The van der Waals surface area contributed by atoms with Crippen molar-refractivity contribution < 1.29 is 4.79 Å². The molecule has 1 heterocycles. The first-order valence-corrected chi connectivity index (χ1v) is 6.42. The Bertz CT molecular complexity index is 409. The molecule has 0 aliphatic carbocycles. The Morgan fingerprint density at radius 3 is 2.59 bits per heavy atom. The van der Waals surface area contributed by atoms with Gasteiger partial charge in [-0.05, 0) is 36.6 Å². The van der Waals surface area contributed by atoms with E-state index in [2.05, 4.69) is 36.2 Å². The van der Waals surface area contributed by atoms with Gasteiger partial charge in [-0.15, -0.1) is 0 Å². The van der Waals surface area contributed by atoms with E-state index in [-0.39, 0.29) is 5.91 Å². The van der Waals surface area contributed by atoms with Crippen LogP contribution in [0.1, 0.15) is 42.6 Å². The molecule has 1 amide bonds. The molecule has 2 rings (SSSR count). The predicted molar refractivity (Wildman–Crippen MR) is 70.4 cm³/mol. The van der Waals surface area contributed by atoms with Gasteiger partial charge in [0.15, 0.2) is 0 Å². The quantitative estimate of drug-likeness (QED) is 0.846. The van der Waals surface area contributed by atoms with Crippen LogP contribution >= 0.6 is 0 Å². The highest BCUT2D eigenvalue weighted by molar-refractivity contribution is 5.98. The molecule has 0 saturated carbocycles. The van der Waals surface area contributed by atoms with E-state index in [0.717, 1.165) is 37.1 Å². The number of fused-ring (bicyclic) bond motifs is 1. The SMILES string of the molecule is CCCN(CCC)c1ccc2c(c1)CNC2=O. The lowest BCUT2D eigenvalue weighted by Gasteiger charge is -2.24. The van der Waals surface area contributed by atoms with Crippen LogP contribution in [0.5, 0.6) is 0 Å². The van der Waals surface area contributed by atoms with Crippen LogP contribution < -0.4 is 10.2 Å². The van der Waals surface area contributed by atoms with Crippen LogP contribution in [0.3, 0.4) is 0 Å². The monoisotopic (exact) mass is 232 g/mol. The third-order valence-corrected chi connectivity index (χ3v) is 3.13. The number of amides is 1. The molecular weight excluding hydrogens is 212 g/mol.